The summed E-state index contributed by atoms with van der Waals surface area (Å²) in [5.41, 5.74) is 6.13. The first-order valence-electron chi connectivity index (χ1n) is 3.68. The molecule has 0 unspecified atom stereocenters. The van der Waals surface area contributed by atoms with Gasteiger partial charge in [0.2, 0.25) is 0 Å². The second-order valence-electron chi connectivity index (χ2n) is 2.55. The highest BCUT2D eigenvalue weighted by atomic mass is 35.5. The summed E-state index contributed by atoms with van der Waals surface area (Å²) < 4.78 is 0. The van der Waals surface area contributed by atoms with Crippen LogP contribution in [0.5, 0.6) is 0 Å². The number of nitrogens with two attached hydrogens (primary N) is 1. The molecule has 0 bridgehead atoms. The average molecular weight is 220 g/mol. The Morgan fingerprint density at radius 3 is 2.31 bits per heavy atom. The molecule has 0 saturated heterocycles. The zero-order valence-electron chi connectivity index (χ0n) is 7.00. The molecule has 0 fully saturated rings. The van der Waals surface area contributed by atoms with Gasteiger partial charge in [-0.1, -0.05) is 23.7 Å². The van der Waals surface area contributed by atoms with Crippen LogP contribution in [-0.4, -0.2) is 12.3 Å². The molecular formula is C9H11Cl2NO. The summed E-state index contributed by atoms with van der Waals surface area (Å²) in [5.74, 6) is 0.0392. The smallest absolute Gasteiger partial charge is 0.150 e. The molecular weight excluding hydrogens is 209 g/mol. The summed E-state index contributed by atoms with van der Waals surface area (Å²) in [4.78, 5) is 10.9. The van der Waals surface area contributed by atoms with Gasteiger partial charge in [-0.15, -0.1) is 12.4 Å². The van der Waals surface area contributed by atoms with Gasteiger partial charge in [0.25, 0.3) is 0 Å². The average Bonchev–Trinajstić information content (AvgIpc) is 2.09. The normalized spacial score (nSPS) is 9.08. The molecule has 1 aromatic carbocycles. The van der Waals surface area contributed by atoms with Crippen LogP contribution in [-0.2, 0) is 11.2 Å². The van der Waals surface area contributed by atoms with E-state index < -0.39 is 0 Å². The molecule has 0 atom stereocenters. The molecule has 72 valence electrons. The molecule has 0 radical (unpaired) electrons. The first-order chi connectivity index (χ1) is 5.72. The van der Waals surface area contributed by atoms with Crippen LogP contribution in [0.15, 0.2) is 24.3 Å². The van der Waals surface area contributed by atoms with Crippen molar-refractivity contribution in [1.29, 1.82) is 0 Å². The van der Waals surface area contributed by atoms with Gasteiger partial charge in [-0.05, 0) is 17.7 Å². The number of carbonyl (C=O) groups is 1. The molecule has 2 N–H and O–H groups in total. The van der Waals surface area contributed by atoms with E-state index in [-0.39, 0.29) is 24.7 Å². The van der Waals surface area contributed by atoms with Gasteiger partial charge in [-0.3, -0.25) is 4.79 Å². The molecule has 1 aromatic rings. The molecule has 0 amide bonds. The number of benzene rings is 1. The molecule has 1 rings (SSSR count). The van der Waals surface area contributed by atoms with Crippen LogP contribution in [0.25, 0.3) is 0 Å². The Balaban J connectivity index is 0.00000144. The Labute approximate surface area is 88.5 Å². The van der Waals surface area contributed by atoms with E-state index in [1.807, 2.05) is 12.1 Å². The van der Waals surface area contributed by atoms with Crippen molar-refractivity contribution >= 4 is 29.8 Å². The van der Waals surface area contributed by atoms with E-state index in [0.29, 0.717) is 11.4 Å². The van der Waals surface area contributed by atoms with E-state index in [1.165, 1.54) is 0 Å². The van der Waals surface area contributed by atoms with Gasteiger partial charge in [0, 0.05) is 11.4 Å². The summed E-state index contributed by atoms with van der Waals surface area (Å²) in [5, 5.41) is 0.680. The van der Waals surface area contributed by atoms with Gasteiger partial charge in [-0.25, -0.2) is 0 Å². The third kappa shape index (κ3) is 4.27. The van der Waals surface area contributed by atoms with Crippen molar-refractivity contribution in [2.45, 2.75) is 6.42 Å². The van der Waals surface area contributed by atoms with Crippen molar-refractivity contribution in [1.82, 2.24) is 0 Å². The highest BCUT2D eigenvalue weighted by Gasteiger charge is 1.99. The predicted octanol–water partition coefficient (Wildman–Crippen LogP) is 1.83. The third-order valence-corrected chi connectivity index (χ3v) is 1.79. The van der Waals surface area contributed by atoms with Gasteiger partial charge in [-0.2, -0.15) is 0 Å². The SMILES string of the molecule is Cl.NCC(=O)Cc1ccc(Cl)cc1. The molecule has 2 nitrogen and oxygen atoms in total. The number of carbonyl (C=O) groups excluding carboxylic acids is 1. The fourth-order valence-corrected chi connectivity index (χ4v) is 1.03. The molecule has 0 saturated carbocycles. The minimum Gasteiger partial charge on any atom is -0.324 e. The molecule has 0 aliphatic carbocycles. The fourth-order valence-electron chi connectivity index (χ4n) is 0.902. The Bertz CT molecular complexity index is 271. The van der Waals surface area contributed by atoms with Crippen LogP contribution >= 0.6 is 24.0 Å². The zero-order valence-corrected chi connectivity index (χ0v) is 8.57. The van der Waals surface area contributed by atoms with Crippen molar-refractivity contribution in [2.24, 2.45) is 5.73 Å². The third-order valence-electron chi connectivity index (χ3n) is 1.54. The number of hydrogen-bond acceptors (Lipinski definition) is 2. The number of halogens is 2. The summed E-state index contributed by atoms with van der Waals surface area (Å²) >= 11 is 5.67. The van der Waals surface area contributed by atoms with Crippen LogP contribution in [0.3, 0.4) is 0 Å². The molecule has 0 heterocycles. The first kappa shape index (κ1) is 12.4. The Morgan fingerprint density at radius 1 is 1.31 bits per heavy atom. The topological polar surface area (TPSA) is 43.1 Å². The van der Waals surface area contributed by atoms with E-state index in [9.17, 15) is 4.79 Å². The zero-order chi connectivity index (χ0) is 8.97. The largest absolute Gasteiger partial charge is 0.324 e. The quantitative estimate of drug-likeness (QED) is 0.844. The van der Waals surface area contributed by atoms with Crippen LogP contribution < -0.4 is 5.73 Å². The fraction of sp³-hybridized carbons (Fsp3) is 0.222. The number of Topliss-reactive ketones (excluding diaryl/α,β-unsaturated/α-hetero) is 1. The lowest BCUT2D eigenvalue weighted by atomic mass is 10.1. The van der Waals surface area contributed by atoms with Gasteiger partial charge < -0.3 is 5.73 Å². The molecule has 4 heteroatoms. The van der Waals surface area contributed by atoms with E-state index in [1.54, 1.807) is 12.1 Å². The lowest BCUT2D eigenvalue weighted by Gasteiger charge is -1.98. The number of hydrogen-bond donors (Lipinski definition) is 1. The van der Waals surface area contributed by atoms with Crippen molar-refractivity contribution in [3.8, 4) is 0 Å². The monoisotopic (exact) mass is 219 g/mol. The van der Waals surface area contributed by atoms with Gasteiger partial charge in [0.1, 0.15) is 0 Å². The number of ketones is 1. The van der Waals surface area contributed by atoms with E-state index in [0.717, 1.165) is 5.56 Å². The lowest BCUT2D eigenvalue weighted by molar-refractivity contribution is -0.117. The second-order valence-corrected chi connectivity index (χ2v) is 2.98. The summed E-state index contributed by atoms with van der Waals surface area (Å²) in [7, 11) is 0. The standard InChI is InChI=1S/C9H10ClNO.ClH/c10-8-3-1-7(2-4-8)5-9(12)6-11;/h1-4H,5-6,11H2;1H. The molecule has 0 spiro atoms. The lowest BCUT2D eigenvalue weighted by Crippen LogP contribution is -2.15. The maximum Gasteiger partial charge on any atom is 0.150 e. The highest BCUT2D eigenvalue weighted by Crippen LogP contribution is 2.09. The van der Waals surface area contributed by atoms with Crippen LogP contribution in [0, 0.1) is 0 Å². The molecule has 0 aliphatic rings. The van der Waals surface area contributed by atoms with Crippen LogP contribution in [0.2, 0.25) is 5.02 Å². The second kappa shape index (κ2) is 5.97. The Morgan fingerprint density at radius 2 is 1.85 bits per heavy atom. The maximum atomic E-state index is 10.9. The maximum absolute atomic E-state index is 10.9. The molecule has 0 aromatic heterocycles. The number of rotatable bonds is 3. The van der Waals surface area contributed by atoms with Crippen LogP contribution in [0.1, 0.15) is 5.56 Å². The van der Waals surface area contributed by atoms with E-state index in [2.05, 4.69) is 0 Å². The van der Waals surface area contributed by atoms with Crippen molar-refractivity contribution < 1.29 is 4.79 Å². The highest BCUT2D eigenvalue weighted by molar-refractivity contribution is 6.30. The van der Waals surface area contributed by atoms with Gasteiger partial charge >= 0.3 is 0 Å². The van der Waals surface area contributed by atoms with Gasteiger partial charge in [0.15, 0.2) is 5.78 Å². The van der Waals surface area contributed by atoms with E-state index >= 15 is 0 Å². The van der Waals surface area contributed by atoms with Crippen molar-refractivity contribution in [2.75, 3.05) is 6.54 Å². The predicted molar refractivity (Wildman–Crippen MR) is 56.5 cm³/mol. The first-order valence-corrected chi connectivity index (χ1v) is 4.06. The molecule has 0 aliphatic heterocycles. The molecule has 13 heavy (non-hydrogen) atoms. The minimum atomic E-state index is 0. The van der Waals surface area contributed by atoms with E-state index in [4.69, 9.17) is 17.3 Å². The summed E-state index contributed by atoms with van der Waals surface area (Å²) in [6, 6.07) is 7.19. The van der Waals surface area contributed by atoms with Crippen molar-refractivity contribution in [3.05, 3.63) is 34.9 Å². The Hall–Kier alpha value is -0.570. The Kier molecular flexibility index (Phi) is 5.71. The van der Waals surface area contributed by atoms with Gasteiger partial charge in [0.05, 0.1) is 6.54 Å². The van der Waals surface area contributed by atoms with Crippen molar-refractivity contribution in [3.63, 3.8) is 0 Å². The summed E-state index contributed by atoms with van der Waals surface area (Å²) in [6.07, 6.45) is 0.396. The summed E-state index contributed by atoms with van der Waals surface area (Å²) in [6.45, 7) is 0.0998. The van der Waals surface area contributed by atoms with Crippen LogP contribution in [0.4, 0.5) is 0 Å². The minimum absolute atomic E-state index is 0.